The summed E-state index contributed by atoms with van der Waals surface area (Å²) < 4.78 is 0. The number of carboxylic acids is 1. The summed E-state index contributed by atoms with van der Waals surface area (Å²) in [5.41, 5.74) is 1.86. The third-order valence-electron chi connectivity index (χ3n) is 3.28. The Kier molecular flexibility index (Phi) is 7.29. The summed E-state index contributed by atoms with van der Waals surface area (Å²) in [5.74, 6) is -1.41. The Morgan fingerprint density at radius 2 is 1.90 bits per heavy atom. The molecule has 0 heterocycles. The van der Waals surface area contributed by atoms with Crippen molar-refractivity contribution in [3.05, 3.63) is 29.8 Å². The number of carbonyl (C=O) groups excluding carboxylic acids is 1. The van der Waals surface area contributed by atoms with Gasteiger partial charge in [-0.15, -0.1) is 0 Å². The number of hydrogen-bond acceptors (Lipinski definition) is 2. The first kappa shape index (κ1) is 17.0. The van der Waals surface area contributed by atoms with Crippen LogP contribution in [0.2, 0.25) is 0 Å². The van der Waals surface area contributed by atoms with Gasteiger partial charge in [-0.3, -0.25) is 4.79 Å². The monoisotopic (exact) mass is 292 g/mol. The molecule has 0 fully saturated rings. The van der Waals surface area contributed by atoms with Crippen LogP contribution in [0.15, 0.2) is 24.3 Å². The normalized spacial score (nSPS) is 11.7. The minimum atomic E-state index is -0.872. The summed E-state index contributed by atoms with van der Waals surface area (Å²) in [5, 5.41) is 14.5. The van der Waals surface area contributed by atoms with Gasteiger partial charge in [0.15, 0.2) is 0 Å². The number of para-hydroxylation sites is 1. The smallest absolute Gasteiger partial charge is 0.319 e. The zero-order valence-corrected chi connectivity index (χ0v) is 12.7. The third kappa shape index (κ3) is 5.85. The predicted octanol–water partition coefficient (Wildman–Crippen LogP) is 3.26. The van der Waals surface area contributed by atoms with Crippen LogP contribution in [0.3, 0.4) is 0 Å². The van der Waals surface area contributed by atoms with E-state index in [0.717, 1.165) is 30.5 Å². The molecule has 0 radical (unpaired) electrons. The lowest BCUT2D eigenvalue weighted by atomic mass is 10.0. The number of carbonyl (C=O) groups is 2. The van der Waals surface area contributed by atoms with Gasteiger partial charge in [0.2, 0.25) is 0 Å². The molecule has 2 amide bonds. The Hall–Kier alpha value is -2.04. The van der Waals surface area contributed by atoms with E-state index in [9.17, 15) is 9.59 Å². The fourth-order valence-corrected chi connectivity index (χ4v) is 2.17. The molecule has 0 saturated carbocycles. The van der Waals surface area contributed by atoms with E-state index in [0.29, 0.717) is 6.42 Å². The summed E-state index contributed by atoms with van der Waals surface area (Å²) in [4.78, 5) is 22.9. The highest BCUT2D eigenvalue weighted by atomic mass is 16.4. The molecule has 5 nitrogen and oxygen atoms in total. The van der Waals surface area contributed by atoms with Crippen molar-refractivity contribution in [2.75, 3.05) is 11.9 Å². The van der Waals surface area contributed by atoms with E-state index in [2.05, 4.69) is 17.6 Å². The second-order valence-electron chi connectivity index (χ2n) is 5.07. The SMILES string of the molecule is CCCc1ccccc1NC(=O)NCC(CCC)C(=O)O. The average molecular weight is 292 g/mol. The topological polar surface area (TPSA) is 78.4 Å². The fourth-order valence-electron chi connectivity index (χ4n) is 2.17. The van der Waals surface area contributed by atoms with E-state index in [4.69, 9.17) is 5.11 Å². The first-order chi connectivity index (χ1) is 10.1. The number of hydrogen-bond donors (Lipinski definition) is 3. The van der Waals surface area contributed by atoms with Crippen LogP contribution < -0.4 is 10.6 Å². The molecule has 0 aromatic heterocycles. The van der Waals surface area contributed by atoms with Gasteiger partial charge in [0, 0.05) is 12.2 Å². The molecule has 116 valence electrons. The molecule has 5 heteroatoms. The molecule has 0 bridgehead atoms. The van der Waals surface area contributed by atoms with E-state index in [-0.39, 0.29) is 12.6 Å². The van der Waals surface area contributed by atoms with Crippen LogP contribution in [0.25, 0.3) is 0 Å². The molecule has 21 heavy (non-hydrogen) atoms. The highest BCUT2D eigenvalue weighted by molar-refractivity contribution is 5.90. The van der Waals surface area contributed by atoms with Crippen LogP contribution in [-0.4, -0.2) is 23.7 Å². The lowest BCUT2D eigenvalue weighted by molar-refractivity contribution is -0.141. The highest BCUT2D eigenvalue weighted by Crippen LogP contribution is 2.16. The standard InChI is InChI=1S/C16H24N2O3/c1-3-7-12-9-5-6-10-14(12)18-16(21)17-11-13(8-4-2)15(19)20/h5-6,9-10,13H,3-4,7-8,11H2,1-2H3,(H,19,20)(H2,17,18,21). The van der Waals surface area contributed by atoms with Gasteiger partial charge >= 0.3 is 12.0 Å². The van der Waals surface area contributed by atoms with Crippen molar-refractivity contribution in [1.29, 1.82) is 0 Å². The summed E-state index contributed by atoms with van der Waals surface area (Å²) in [6.07, 6.45) is 3.23. The molecular formula is C16H24N2O3. The molecule has 1 aromatic carbocycles. The number of nitrogens with one attached hydrogen (secondary N) is 2. The van der Waals surface area contributed by atoms with Gasteiger partial charge in [0.25, 0.3) is 0 Å². The largest absolute Gasteiger partial charge is 0.481 e. The van der Waals surface area contributed by atoms with Gasteiger partial charge in [0.05, 0.1) is 5.92 Å². The molecule has 0 aliphatic rings. The first-order valence-corrected chi connectivity index (χ1v) is 7.44. The zero-order valence-electron chi connectivity index (χ0n) is 12.7. The maximum Gasteiger partial charge on any atom is 0.319 e. The first-order valence-electron chi connectivity index (χ1n) is 7.44. The summed E-state index contributed by atoms with van der Waals surface area (Å²) in [6.45, 7) is 4.15. The maximum atomic E-state index is 11.9. The number of aryl methyl sites for hydroxylation is 1. The van der Waals surface area contributed by atoms with Gasteiger partial charge in [-0.2, -0.15) is 0 Å². The van der Waals surface area contributed by atoms with Gasteiger partial charge in [-0.1, -0.05) is 44.9 Å². The summed E-state index contributed by atoms with van der Waals surface area (Å²) in [7, 11) is 0. The van der Waals surface area contributed by atoms with Crippen LogP contribution in [0.1, 0.15) is 38.7 Å². The van der Waals surface area contributed by atoms with Crippen LogP contribution in [0.5, 0.6) is 0 Å². The molecule has 0 aliphatic heterocycles. The van der Waals surface area contributed by atoms with Gasteiger partial charge in [0.1, 0.15) is 0 Å². The summed E-state index contributed by atoms with van der Waals surface area (Å²) in [6, 6.07) is 7.28. The second kappa shape index (κ2) is 9.00. The van der Waals surface area contributed by atoms with Crippen molar-refractivity contribution in [1.82, 2.24) is 5.32 Å². The Balaban J connectivity index is 2.55. The van der Waals surface area contributed by atoms with E-state index < -0.39 is 11.9 Å². The number of anilines is 1. The lowest BCUT2D eigenvalue weighted by Gasteiger charge is -2.14. The highest BCUT2D eigenvalue weighted by Gasteiger charge is 2.17. The molecule has 1 atom stereocenters. The Bertz CT molecular complexity index is 474. The van der Waals surface area contributed by atoms with Crippen LogP contribution in [-0.2, 0) is 11.2 Å². The van der Waals surface area contributed by atoms with Crippen LogP contribution in [0, 0.1) is 5.92 Å². The molecular weight excluding hydrogens is 268 g/mol. The number of amides is 2. The minimum Gasteiger partial charge on any atom is -0.481 e. The van der Waals surface area contributed by atoms with Crippen LogP contribution >= 0.6 is 0 Å². The van der Waals surface area contributed by atoms with Crippen LogP contribution in [0.4, 0.5) is 10.5 Å². The van der Waals surface area contributed by atoms with Crippen molar-refractivity contribution < 1.29 is 14.7 Å². The van der Waals surface area contributed by atoms with E-state index >= 15 is 0 Å². The van der Waals surface area contributed by atoms with E-state index in [1.54, 1.807) is 0 Å². The Morgan fingerprint density at radius 3 is 2.52 bits per heavy atom. The number of carboxylic acid groups (broad SMARTS) is 1. The number of rotatable bonds is 8. The van der Waals surface area contributed by atoms with Crippen molar-refractivity contribution in [3.63, 3.8) is 0 Å². The summed E-state index contributed by atoms with van der Waals surface area (Å²) >= 11 is 0. The number of aliphatic carboxylic acids is 1. The van der Waals surface area contributed by atoms with Gasteiger partial charge < -0.3 is 15.7 Å². The van der Waals surface area contributed by atoms with Crippen molar-refractivity contribution in [3.8, 4) is 0 Å². The van der Waals surface area contributed by atoms with Crippen molar-refractivity contribution in [2.45, 2.75) is 39.5 Å². The molecule has 1 unspecified atom stereocenters. The fraction of sp³-hybridized carbons (Fsp3) is 0.500. The molecule has 1 aromatic rings. The molecule has 1 rings (SSSR count). The lowest BCUT2D eigenvalue weighted by Crippen LogP contribution is -2.35. The van der Waals surface area contributed by atoms with Gasteiger partial charge in [-0.05, 0) is 24.5 Å². The van der Waals surface area contributed by atoms with Crippen molar-refractivity contribution in [2.24, 2.45) is 5.92 Å². The molecule has 0 spiro atoms. The third-order valence-corrected chi connectivity index (χ3v) is 3.28. The van der Waals surface area contributed by atoms with Gasteiger partial charge in [-0.25, -0.2) is 4.79 Å². The quantitative estimate of drug-likeness (QED) is 0.688. The average Bonchev–Trinajstić information content (AvgIpc) is 2.45. The predicted molar refractivity (Wildman–Crippen MR) is 83.5 cm³/mol. The zero-order chi connectivity index (χ0) is 15.7. The minimum absolute atomic E-state index is 0.144. The molecule has 0 aliphatic carbocycles. The Morgan fingerprint density at radius 1 is 1.19 bits per heavy atom. The van der Waals surface area contributed by atoms with E-state index in [1.807, 2.05) is 31.2 Å². The second-order valence-corrected chi connectivity index (χ2v) is 5.07. The number of benzene rings is 1. The number of urea groups is 1. The molecule has 3 N–H and O–H groups in total. The Labute approximate surface area is 125 Å². The van der Waals surface area contributed by atoms with E-state index in [1.165, 1.54) is 0 Å². The maximum absolute atomic E-state index is 11.9. The van der Waals surface area contributed by atoms with Crippen molar-refractivity contribution >= 4 is 17.7 Å². The molecule has 0 saturated heterocycles.